The van der Waals surface area contributed by atoms with Crippen LogP contribution in [0.1, 0.15) is 28.9 Å². The van der Waals surface area contributed by atoms with Crippen LogP contribution < -0.4 is 18.9 Å². The van der Waals surface area contributed by atoms with Crippen LogP contribution in [0, 0.1) is 0 Å². The van der Waals surface area contributed by atoms with E-state index < -0.39 is 24.4 Å². The molecule has 2 aliphatic heterocycles. The van der Waals surface area contributed by atoms with Crippen LogP contribution in [0.25, 0.3) is 6.08 Å². The SMILES string of the molecule is O=CC=Cc1ccc2c(c1)O[C@@H](c1ccc3c(c1)O[C@@H](CO)[C@@H](c1ccc(O)c(O)c1)O3)[C@H](CO)O2. The van der Waals surface area contributed by atoms with Gasteiger partial charge in [-0.3, -0.25) is 4.79 Å². The van der Waals surface area contributed by atoms with Crippen molar-refractivity contribution in [1.82, 2.24) is 0 Å². The summed E-state index contributed by atoms with van der Waals surface area (Å²) >= 11 is 0. The van der Waals surface area contributed by atoms with E-state index in [0.29, 0.717) is 40.4 Å². The first-order valence-electron chi connectivity index (χ1n) is 11.3. The van der Waals surface area contributed by atoms with Crippen molar-refractivity contribution in [3.05, 3.63) is 77.4 Å². The largest absolute Gasteiger partial charge is 0.504 e. The van der Waals surface area contributed by atoms with Crippen LogP contribution in [0.15, 0.2) is 60.7 Å². The zero-order valence-corrected chi connectivity index (χ0v) is 19.0. The molecule has 186 valence electrons. The summed E-state index contributed by atoms with van der Waals surface area (Å²) in [5.41, 5.74) is 1.94. The summed E-state index contributed by atoms with van der Waals surface area (Å²) in [5, 5.41) is 39.4. The van der Waals surface area contributed by atoms with E-state index in [9.17, 15) is 25.2 Å². The fraction of sp³-hybridized carbons (Fsp3) is 0.222. The minimum absolute atomic E-state index is 0.261. The van der Waals surface area contributed by atoms with Gasteiger partial charge in [-0.2, -0.15) is 0 Å². The van der Waals surface area contributed by atoms with E-state index in [1.54, 1.807) is 48.5 Å². The predicted octanol–water partition coefficient (Wildman–Crippen LogP) is 3.06. The highest BCUT2D eigenvalue weighted by Crippen LogP contribution is 2.45. The van der Waals surface area contributed by atoms with Crippen LogP contribution in [0.3, 0.4) is 0 Å². The number of hydrogen-bond acceptors (Lipinski definition) is 9. The number of carbonyl (C=O) groups excluding carboxylic acids is 1. The zero-order valence-electron chi connectivity index (χ0n) is 19.0. The molecule has 0 aromatic heterocycles. The van der Waals surface area contributed by atoms with Gasteiger partial charge in [0.25, 0.3) is 0 Å². The maximum absolute atomic E-state index is 10.6. The second-order valence-electron chi connectivity index (χ2n) is 8.41. The van der Waals surface area contributed by atoms with Crippen molar-refractivity contribution in [2.75, 3.05) is 13.2 Å². The highest BCUT2D eigenvalue weighted by Gasteiger charge is 2.36. The van der Waals surface area contributed by atoms with Gasteiger partial charge in [0, 0.05) is 11.1 Å². The molecule has 2 aliphatic rings. The maximum atomic E-state index is 10.6. The van der Waals surface area contributed by atoms with Crippen LogP contribution >= 0.6 is 0 Å². The number of ether oxygens (including phenoxy) is 4. The van der Waals surface area contributed by atoms with Crippen molar-refractivity contribution in [2.24, 2.45) is 0 Å². The van der Waals surface area contributed by atoms with E-state index >= 15 is 0 Å². The standard InChI is InChI=1S/C27H24O9/c28-9-1-2-15-3-7-20-22(10-15)36-27(24(13-29)33-20)17-5-8-21-23(12-17)34-25(14-30)26(35-21)16-4-6-18(31)19(32)11-16/h1-12,24-27,29-32H,13-14H2/t24-,25-,26+,27-/m0/s1. The van der Waals surface area contributed by atoms with Gasteiger partial charge in [0.05, 0.1) is 13.2 Å². The number of fused-ring (bicyclic) bond motifs is 2. The number of benzene rings is 3. The number of allylic oxidation sites excluding steroid dienone is 1. The van der Waals surface area contributed by atoms with E-state index in [4.69, 9.17) is 18.9 Å². The molecule has 0 saturated carbocycles. The number of aliphatic hydroxyl groups is 2. The predicted molar refractivity (Wildman–Crippen MR) is 127 cm³/mol. The van der Waals surface area contributed by atoms with Crippen molar-refractivity contribution in [3.8, 4) is 34.5 Å². The van der Waals surface area contributed by atoms with Crippen molar-refractivity contribution in [2.45, 2.75) is 24.4 Å². The summed E-state index contributed by atoms with van der Waals surface area (Å²) in [6.45, 7) is -0.653. The summed E-state index contributed by atoms with van der Waals surface area (Å²) in [4.78, 5) is 10.6. The molecule has 0 radical (unpaired) electrons. The maximum Gasteiger partial charge on any atom is 0.163 e. The topological polar surface area (TPSA) is 135 Å². The highest BCUT2D eigenvalue weighted by atomic mass is 16.6. The summed E-state index contributed by atoms with van der Waals surface area (Å²) in [5.74, 6) is 1.17. The van der Waals surface area contributed by atoms with Gasteiger partial charge in [0.1, 0.15) is 6.29 Å². The number of carbonyl (C=O) groups is 1. The van der Waals surface area contributed by atoms with Gasteiger partial charge in [-0.15, -0.1) is 0 Å². The molecule has 2 heterocycles. The number of rotatable bonds is 6. The fourth-order valence-corrected chi connectivity index (χ4v) is 4.28. The first-order chi connectivity index (χ1) is 17.5. The molecule has 3 aromatic carbocycles. The molecule has 9 heteroatoms. The Morgan fingerprint density at radius 2 is 1.25 bits per heavy atom. The molecule has 0 aliphatic carbocycles. The molecule has 3 aromatic rings. The van der Waals surface area contributed by atoms with Crippen LogP contribution in [0.4, 0.5) is 0 Å². The molecule has 0 fully saturated rings. The highest BCUT2D eigenvalue weighted by molar-refractivity contribution is 5.74. The molecule has 5 rings (SSSR count). The molecule has 4 atom stereocenters. The third-order valence-electron chi connectivity index (χ3n) is 6.06. The average Bonchev–Trinajstić information content (AvgIpc) is 2.91. The summed E-state index contributed by atoms with van der Waals surface area (Å²) in [6.07, 6.45) is 0.868. The Hall–Kier alpha value is -4.21. The zero-order chi connectivity index (χ0) is 25.2. The normalized spacial score (nSPS) is 22.4. The smallest absolute Gasteiger partial charge is 0.163 e. The molecule has 0 amide bonds. The van der Waals surface area contributed by atoms with Crippen LogP contribution in [0.2, 0.25) is 0 Å². The molecule has 0 unspecified atom stereocenters. The van der Waals surface area contributed by atoms with Crippen molar-refractivity contribution in [1.29, 1.82) is 0 Å². The van der Waals surface area contributed by atoms with E-state index in [1.165, 1.54) is 18.2 Å². The lowest BCUT2D eigenvalue weighted by Crippen LogP contribution is -2.37. The van der Waals surface area contributed by atoms with Crippen LogP contribution in [0.5, 0.6) is 34.5 Å². The number of aromatic hydroxyl groups is 2. The van der Waals surface area contributed by atoms with Gasteiger partial charge >= 0.3 is 0 Å². The molecule has 0 bridgehead atoms. The van der Waals surface area contributed by atoms with Gasteiger partial charge in [-0.05, 0) is 48.0 Å². The van der Waals surface area contributed by atoms with E-state index in [-0.39, 0.29) is 24.7 Å². The van der Waals surface area contributed by atoms with Crippen LogP contribution in [-0.4, -0.2) is 52.1 Å². The second-order valence-corrected chi connectivity index (χ2v) is 8.41. The number of phenolic OH excluding ortho intramolecular Hbond substituents is 2. The lowest BCUT2D eigenvalue weighted by atomic mass is 10.00. The molecule has 4 N–H and O–H groups in total. The summed E-state index contributed by atoms with van der Waals surface area (Å²) < 4.78 is 24.3. The van der Waals surface area contributed by atoms with Crippen molar-refractivity contribution >= 4 is 12.4 Å². The number of aliphatic hydroxyl groups excluding tert-OH is 2. The summed E-state index contributed by atoms with van der Waals surface area (Å²) in [6, 6.07) is 14.7. The van der Waals surface area contributed by atoms with Gasteiger partial charge < -0.3 is 39.4 Å². The lowest BCUT2D eigenvalue weighted by Gasteiger charge is -2.36. The van der Waals surface area contributed by atoms with E-state index in [1.807, 2.05) is 0 Å². The van der Waals surface area contributed by atoms with Gasteiger partial charge in [-0.1, -0.05) is 24.3 Å². The average molecular weight is 492 g/mol. The minimum Gasteiger partial charge on any atom is -0.504 e. The first-order valence-corrected chi connectivity index (χ1v) is 11.3. The van der Waals surface area contributed by atoms with Crippen molar-refractivity contribution in [3.63, 3.8) is 0 Å². The Kier molecular flexibility index (Phi) is 6.41. The fourth-order valence-electron chi connectivity index (χ4n) is 4.28. The molecular weight excluding hydrogens is 468 g/mol. The van der Waals surface area contributed by atoms with E-state index in [0.717, 1.165) is 5.56 Å². The van der Waals surface area contributed by atoms with Gasteiger partial charge in [-0.25, -0.2) is 0 Å². The molecule has 9 nitrogen and oxygen atoms in total. The molecule has 0 saturated heterocycles. The van der Waals surface area contributed by atoms with Crippen LogP contribution in [-0.2, 0) is 4.79 Å². The Morgan fingerprint density at radius 3 is 1.94 bits per heavy atom. The number of phenols is 2. The third kappa shape index (κ3) is 4.41. The van der Waals surface area contributed by atoms with Gasteiger partial charge in [0.15, 0.2) is 58.9 Å². The Labute approximate surface area is 206 Å². The Balaban J connectivity index is 1.43. The molecule has 36 heavy (non-hydrogen) atoms. The van der Waals surface area contributed by atoms with E-state index in [2.05, 4.69) is 0 Å². The van der Waals surface area contributed by atoms with Gasteiger partial charge in [0.2, 0.25) is 0 Å². The third-order valence-corrected chi connectivity index (χ3v) is 6.06. The summed E-state index contributed by atoms with van der Waals surface area (Å²) in [7, 11) is 0. The number of hydrogen-bond donors (Lipinski definition) is 4. The monoisotopic (exact) mass is 492 g/mol. The molecular formula is C27H24O9. The second kappa shape index (κ2) is 9.80. The molecule has 0 spiro atoms. The van der Waals surface area contributed by atoms with Crippen molar-refractivity contribution < 1.29 is 44.2 Å². The lowest BCUT2D eigenvalue weighted by molar-refractivity contribution is -0.104. The number of aldehydes is 1. The first kappa shape index (κ1) is 23.5. The minimum atomic E-state index is -0.776. The quantitative estimate of drug-likeness (QED) is 0.233. The Bertz CT molecular complexity index is 1300. The Morgan fingerprint density at radius 1 is 0.667 bits per heavy atom.